The van der Waals surface area contributed by atoms with E-state index in [4.69, 9.17) is 10.2 Å². The number of nitrogen functional groups attached to an aromatic ring is 1. The molecular formula is C7H5NO2S. The van der Waals surface area contributed by atoms with Crippen LogP contribution in [0, 0.1) is 0 Å². The van der Waals surface area contributed by atoms with E-state index in [2.05, 4.69) is 0 Å². The molecule has 0 aliphatic rings. The minimum absolute atomic E-state index is 0.286. The molecule has 1 aromatic heterocycles. The Morgan fingerprint density at radius 3 is 3.09 bits per heavy atom. The molecule has 0 fully saturated rings. The first-order valence-corrected chi connectivity index (χ1v) is 3.86. The van der Waals surface area contributed by atoms with Crippen LogP contribution in [0.25, 0.3) is 10.3 Å². The standard InChI is InChI=1S/C7H5NO2S/c8-4-1-2-6-5(3-4)10-7(9)11-6/h1-3H,8H2. The van der Waals surface area contributed by atoms with Crippen molar-refractivity contribution >= 4 is 27.3 Å². The Morgan fingerprint density at radius 2 is 2.27 bits per heavy atom. The molecule has 0 amide bonds. The first-order valence-electron chi connectivity index (χ1n) is 3.05. The van der Waals surface area contributed by atoms with Crippen molar-refractivity contribution in [3.05, 3.63) is 27.9 Å². The van der Waals surface area contributed by atoms with Gasteiger partial charge in [0.15, 0.2) is 5.58 Å². The molecule has 0 saturated carbocycles. The van der Waals surface area contributed by atoms with Crippen LogP contribution in [0.4, 0.5) is 5.69 Å². The third-order valence-corrected chi connectivity index (χ3v) is 2.16. The molecule has 2 aromatic rings. The van der Waals surface area contributed by atoms with Gasteiger partial charge in [0.2, 0.25) is 0 Å². The molecule has 0 aliphatic carbocycles. The van der Waals surface area contributed by atoms with E-state index in [9.17, 15) is 4.79 Å². The van der Waals surface area contributed by atoms with Gasteiger partial charge < -0.3 is 10.2 Å². The monoisotopic (exact) mass is 167 g/mol. The van der Waals surface area contributed by atoms with E-state index in [1.807, 2.05) is 0 Å². The van der Waals surface area contributed by atoms with Crippen molar-refractivity contribution in [2.45, 2.75) is 0 Å². The van der Waals surface area contributed by atoms with Crippen LogP contribution in [0.2, 0.25) is 0 Å². The lowest BCUT2D eigenvalue weighted by atomic mass is 10.3. The van der Waals surface area contributed by atoms with Gasteiger partial charge in [0.1, 0.15) is 0 Å². The van der Waals surface area contributed by atoms with Gasteiger partial charge in [-0.1, -0.05) is 11.3 Å². The quantitative estimate of drug-likeness (QED) is 0.604. The fraction of sp³-hybridized carbons (Fsp3) is 0. The molecule has 0 radical (unpaired) electrons. The maximum absolute atomic E-state index is 10.7. The van der Waals surface area contributed by atoms with E-state index in [1.54, 1.807) is 18.2 Å². The maximum atomic E-state index is 10.7. The lowest BCUT2D eigenvalue weighted by Crippen LogP contribution is -1.81. The van der Waals surface area contributed by atoms with Gasteiger partial charge in [-0.15, -0.1) is 0 Å². The highest BCUT2D eigenvalue weighted by Gasteiger charge is 1.99. The number of hydrogen-bond acceptors (Lipinski definition) is 4. The molecule has 1 aromatic carbocycles. The summed E-state index contributed by atoms with van der Waals surface area (Å²) in [6.07, 6.45) is 0. The number of anilines is 1. The van der Waals surface area contributed by atoms with Crippen molar-refractivity contribution in [2.24, 2.45) is 0 Å². The fourth-order valence-electron chi connectivity index (χ4n) is 0.889. The van der Waals surface area contributed by atoms with Crippen LogP contribution >= 0.6 is 11.3 Å². The smallest absolute Gasteiger partial charge is 0.396 e. The highest BCUT2D eigenvalue weighted by atomic mass is 32.1. The molecular weight excluding hydrogens is 162 g/mol. The predicted molar refractivity (Wildman–Crippen MR) is 44.8 cm³/mol. The molecule has 0 spiro atoms. The highest BCUT2D eigenvalue weighted by Crippen LogP contribution is 2.18. The van der Waals surface area contributed by atoms with E-state index in [0.717, 1.165) is 16.0 Å². The molecule has 1 heterocycles. The zero-order valence-electron chi connectivity index (χ0n) is 5.53. The number of fused-ring (bicyclic) bond motifs is 1. The Morgan fingerprint density at radius 1 is 1.45 bits per heavy atom. The topological polar surface area (TPSA) is 56.2 Å². The van der Waals surface area contributed by atoms with Crippen LogP contribution in [0.3, 0.4) is 0 Å². The fourth-order valence-corrected chi connectivity index (χ4v) is 1.54. The molecule has 56 valence electrons. The highest BCUT2D eigenvalue weighted by molar-refractivity contribution is 7.16. The average Bonchev–Trinajstić information content (AvgIpc) is 2.27. The lowest BCUT2D eigenvalue weighted by Gasteiger charge is -1.88. The van der Waals surface area contributed by atoms with Gasteiger partial charge in [0.25, 0.3) is 0 Å². The molecule has 2 rings (SSSR count). The summed E-state index contributed by atoms with van der Waals surface area (Å²) in [5, 5.41) is 0. The molecule has 11 heavy (non-hydrogen) atoms. The minimum atomic E-state index is -0.286. The first-order chi connectivity index (χ1) is 5.25. The molecule has 0 aliphatic heterocycles. The third-order valence-electron chi connectivity index (χ3n) is 1.35. The summed E-state index contributed by atoms with van der Waals surface area (Å²) in [6.45, 7) is 0. The molecule has 0 bridgehead atoms. The van der Waals surface area contributed by atoms with E-state index >= 15 is 0 Å². The summed E-state index contributed by atoms with van der Waals surface area (Å²) in [5.74, 6) is 0. The Labute approximate surface area is 66.1 Å². The second kappa shape index (κ2) is 2.10. The molecule has 4 heteroatoms. The molecule has 0 unspecified atom stereocenters. The summed E-state index contributed by atoms with van der Waals surface area (Å²) < 4.78 is 5.67. The Balaban J connectivity index is 2.92. The van der Waals surface area contributed by atoms with Crippen LogP contribution in [0.15, 0.2) is 27.4 Å². The van der Waals surface area contributed by atoms with Gasteiger partial charge in [-0.2, -0.15) is 0 Å². The third kappa shape index (κ3) is 1.01. The molecule has 3 nitrogen and oxygen atoms in total. The predicted octanol–water partition coefficient (Wildman–Crippen LogP) is 1.44. The van der Waals surface area contributed by atoms with Crippen molar-refractivity contribution in [1.82, 2.24) is 0 Å². The largest absolute Gasteiger partial charge is 0.414 e. The number of nitrogens with two attached hydrogens (primary N) is 1. The SMILES string of the molecule is Nc1ccc2sc(=O)oc2c1. The van der Waals surface area contributed by atoms with Crippen LogP contribution in [-0.4, -0.2) is 0 Å². The lowest BCUT2D eigenvalue weighted by molar-refractivity contribution is 0.586. The Bertz CT molecular complexity index is 443. The summed E-state index contributed by atoms with van der Waals surface area (Å²) in [5.41, 5.74) is 6.66. The second-order valence-electron chi connectivity index (χ2n) is 2.16. The van der Waals surface area contributed by atoms with Crippen LogP contribution < -0.4 is 10.7 Å². The zero-order chi connectivity index (χ0) is 7.84. The van der Waals surface area contributed by atoms with Crippen molar-refractivity contribution in [3.8, 4) is 0 Å². The summed E-state index contributed by atoms with van der Waals surface area (Å²) >= 11 is 1.08. The number of rotatable bonds is 0. The van der Waals surface area contributed by atoms with E-state index in [-0.39, 0.29) is 4.94 Å². The van der Waals surface area contributed by atoms with Gasteiger partial charge in [0, 0.05) is 11.8 Å². The summed E-state index contributed by atoms with van der Waals surface area (Å²) in [6, 6.07) is 5.17. The molecule has 0 saturated heterocycles. The van der Waals surface area contributed by atoms with Crippen LogP contribution in [0.1, 0.15) is 0 Å². The average molecular weight is 167 g/mol. The van der Waals surface area contributed by atoms with Crippen LogP contribution in [0.5, 0.6) is 0 Å². The first kappa shape index (κ1) is 6.42. The van der Waals surface area contributed by atoms with Gasteiger partial charge in [-0.3, -0.25) is 0 Å². The summed E-state index contributed by atoms with van der Waals surface area (Å²) in [7, 11) is 0. The Kier molecular flexibility index (Phi) is 1.22. The van der Waals surface area contributed by atoms with E-state index in [0.29, 0.717) is 11.3 Å². The normalized spacial score (nSPS) is 10.5. The van der Waals surface area contributed by atoms with Crippen molar-refractivity contribution < 1.29 is 4.42 Å². The van der Waals surface area contributed by atoms with E-state index < -0.39 is 0 Å². The number of benzene rings is 1. The molecule has 0 atom stereocenters. The minimum Gasteiger partial charge on any atom is -0.414 e. The van der Waals surface area contributed by atoms with Crippen molar-refractivity contribution in [3.63, 3.8) is 0 Å². The van der Waals surface area contributed by atoms with Crippen molar-refractivity contribution in [1.29, 1.82) is 0 Å². The van der Waals surface area contributed by atoms with Gasteiger partial charge in [0.05, 0.1) is 4.70 Å². The second-order valence-corrected chi connectivity index (χ2v) is 3.14. The maximum Gasteiger partial charge on any atom is 0.396 e. The van der Waals surface area contributed by atoms with Crippen molar-refractivity contribution in [2.75, 3.05) is 5.73 Å². The Hall–Kier alpha value is -1.29. The summed E-state index contributed by atoms with van der Waals surface area (Å²) in [4.78, 5) is 10.4. The van der Waals surface area contributed by atoms with E-state index in [1.165, 1.54) is 0 Å². The van der Waals surface area contributed by atoms with Crippen LogP contribution in [-0.2, 0) is 0 Å². The molecule has 2 N–H and O–H groups in total. The van der Waals surface area contributed by atoms with Gasteiger partial charge >= 0.3 is 4.94 Å². The van der Waals surface area contributed by atoms with Gasteiger partial charge in [-0.05, 0) is 12.1 Å². The zero-order valence-corrected chi connectivity index (χ0v) is 6.35. The number of hydrogen-bond donors (Lipinski definition) is 1. The van der Waals surface area contributed by atoms with Gasteiger partial charge in [-0.25, -0.2) is 4.79 Å².